The van der Waals surface area contributed by atoms with Gasteiger partial charge in [-0.1, -0.05) is 0 Å². The first kappa shape index (κ1) is 20.5. The predicted molar refractivity (Wildman–Crippen MR) is 106 cm³/mol. The van der Waals surface area contributed by atoms with Crippen LogP contribution < -0.4 is 10.5 Å². The van der Waals surface area contributed by atoms with Crippen LogP contribution in [0, 0.1) is 0 Å². The van der Waals surface area contributed by atoms with Crippen molar-refractivity contribution >= 4 is 38.2 Å². The van der Waals surface area contributed by atoms with Gasteiger partial charge < -0.3 is 20.1 Å². The van der Waals surface area contributed by atoms with E-state index in [1.54, 1.807) is 25.3 Å². The van der Waals surface area contributed by atoms with E-state index in [-0.39, 0.29) is 22.4 Å². The van der Waals surface area contributed by atoms with Gasteiger partial charge in [0.15, 0.2) is 5.69 Å². The minimum Gasteiger partial charge on any atom is -0.493 e. The van der Waals surface area contributed by atoms with Gasteiger partial charge in [0.05, 0.1) is 22.7 Å². The van der Waals surface area contributed by atoms with E-state index < -0.39 is 10.0 Å². The third kappa shape index (κ3) is 4.77. The molecule has 0 unspecified atom stereocenters. The van der Waals surface area contributed by atoms with Gasteiger partial charge in [0, 0.05) is 24.6 Å². The molecule has 3 aromatic rings. The first-order valence-corrected chi connectivity index (χ1v) is 10.0. The molecule has 2 aromatic carbocycles. The van der Waals surface area contributed by atoms with E-state index in [1.165, 1.54) is 24.3 Å². The molecule has 0 aliphatic rings. The molecular formula is C18H19N5O5S. The fraction of sp³-hybridized carbons (Fsp3) is 0.167. The number of H-pyrrole nitrogens is 1. The van der Waals surface area contributed by atoms with Gasteiger partial charge in [-0.2, -0.15) is 5.11 Å². The maximum atomic E-state index is 12.2. The number of carbonyl (C=O) groups excluding carboxylic acids is 1. The van der Waals surface area contributed by atoms with Crippen molar-refractivity contribution in [3.63, 3.8) is 0 Å². The van der Waals surface area contributed by atoms with Crippen LogP contribution in [0.1, 0.15) is 10.4 Å². The van der Waals surface area contributed by atoms with Crippen molar-refractivity contribution in [1.29, 1.82) is 0 Å². The number of carbonyl (C=O) groups is 1. The molecule has 1 amide bonds. The molecule has 3 rings (SSSR count). The van der Waals surface area contributed by atoms with Crippen molar-refractivity contribution < 1.29 is 23.1 Å². The Morgan fingerprint density at radius 2 is 1.93 bits per heavy atom. The van der Waals surface area contributed by atoms with Crippen LogP contribution >= 0.6 is 0 Å². The van der Waals surface area contributed by atoms with Crippen LogP contribution in [-0.4, -0.2) is 44.7 Å². The molecule has 0 aliphatic carbocycles. The number of aromatic hydroxyl groups is 1. The van der Waals surface area contributed by atoms with Gasteiger partial charge >= 0.3 is 0 Å². The van der Waals surface area contributed by atoms with Crippen LogP contribution in [0.15, 0.2) is 57.6 Å². The summed E-state index contributed by atoms with van der Waals surface area (Å²) in [6.07, 6.45) is 0. The number of nitrogens with one attached hydrogen (secondary N) is 2. The second-order valence-corrected chi connectivity index (χ2v) is 7.63. The number of aromatic nitrogens is 1. The van der Waals surface area contributed by atoms with E-state index in [0.29, 0.717) is 35.3 Å². The average molecular weight is 417 g/mol. The lowest BCUT2D eigenvalue weighted by atomic mass is 10.1. The normalized spacial score (nSPS) is 11.9. The lowest BCUT2D eigenvalue weighted by Crippen LogP contribution is -2.26. The third-order valence-corrected chi connectivity index (χ3v) is 4.97. The number of primary sulfonamides is 1. The number of nitrogens with zero attached hydrogens (tertiary/aromatic N) is 2. The zero-order chi connectivity index (χ0) is 21.0. The molecule has 152 valence electrons. The van der Waals surface area contributed by atoms with Crippen molar-refractivity contribution in [1.82, 2.24) is 10.3 Å². The number of benzene rings is 2. The van der Waals surface area contributed by atoms with Crippen molar-refractivity contribution in [2.45, 2.75) is 4.90 Å². The van der Waals surface area contributed by atoms with Crippen molar-refractivity contribution in [2.75, 3.05) is 20.3 Å². The molecule has 0 fully saturated rings. The Hall–Kier alpha value is -3.28. The molecule has 0 saturated heterocycles. The molecule has 10 nitrogen and oxygen atoms in total. The number of fused-ring (bicyclic) bond motifs is 1. The van der Waals surface area contributed by atoms with E-state index in [0.717, 1.165) is 0 Å². The number of ether oxygens (including phenoxy) is 1. The van der Waals surface area contributed by atoms with Crippen molar-refractivity contribution in [3.8, 4) is 5.88 Å². The molecule has 1 aromatic heterocycles. The fourth-order valence-corrected chi connectivity index (χ4v) is 3.10. The lowest BCUT2D eigenvalue weighted by molar-refractivity contribution is 0.0937. The van der Waals surface area contributed by atoms with Gasteiger partial charge in [-0.25, -0.2) is 13.6 Å². The molecule has 0 bridgehead atoms. The van der Waals surface area contributed by atoms with Crippen LogP contribution in [-0.2, 0) is 14.8 Å². The molecule has 5 N–H and O–H groups in total. The Kier molecular flexibility index (Phi) is 5.92. The van der Waals surface area contributed by atoms with Gasteiger partial charge in [-0.05, 0) is 42.5 Å². The quantitative estimate of drug-likeness (QED) is 0.342. The van der Waals surface area contributed by atoms with Crippen LogP contribution in [0.4, 0.5) is 11.4 Å². The first-order chi connectivity index (χ1) is 13.8. The number of hydrogen-bond acceptors (Lipinski definition) is 7. The number of aromatic amines is 1. The first-order valence-electron chi connectivity index (χ1n) is 8.46. The monoisotopic (exact) mass is 417 g/mol. The Bertz CT molecular complexity index is 1170. The highest BCUT2D eigenvalue weighted by molar-refractivity contribution is 7.89. The SMILES string of the molecule is COCCNC(=O)c1ccc2[nH]c(O)c(N=Nc3ccc(S(N)(=O)=O)cc3)c2c1. The average Bonchev–Trinajstić information content (AvgIpc) is 3.00. The Morgan fingerprint density at radius 1 is 1.21 bits per heavy atom. The zero-order valence-electron chi connectivity index (χ0n) is 15.4. The molecule has 0 saturated carbocycles. The fourth-order valence-electron chi connectivity index (χ4n) is 2.58. The van der Waals surface area contributed by atoms with Gasteiger partial charge in [-0.15, -0.1) is 5.11 Å². The lowest BCUT2D eigenvalue weighted by Gasteiger charge is -2.04. The topological polar surface area (TPSA) is 159 Å². The summed E-state index contributed by atoms with van der Waals surface area (Å²) in [7, 11) is -2.26. The van der Waals surface area contributed by atoms with Gasteiger partial charge in [0.1, 0.15) is 0 Å². The molecule has 0 radical (unpaired) electrons. The van der Waals surface area contributed by atoms with E-state index in [4.69, 9.17) is 9.88 Å². The number of azo groups is 1. The third-order valence-electron chi connectivity index (χ3n) is 4.04. The Morgan fingerprint density at radius 3 is 2.59 bits per heavy atom. The second-order valence-electron chi connectivity index (χ2n) is 6.07. The number of nitrogens with two attached hydrogens (primary N) is 1. The van der Waals surface area contributed by atoms with E-state index in [2.05, 4.69) is 20.5 Å². The summed E-state index contributed by atoms with van der Waals surface area (Å²) >= 11 is 0. The number of amides is 1. The molecular weight excluding hydrogens is 398 g/mol. The second kappa shape index (κ2) is 8.39. The summed E-state index contributed by atoms with van der Waals surface area (Å²) in [6.45, 7) is 0.759. The largest absolute Gasteiger partial charge is 0.493 e. The maximum absolute atomic E-state index is 12.2. The highest BCUT2D eigenvalue weighted by Crippen LogP contribution is 2.36. The minimum atomic E-state index is -3.80. The summed E-state index contributed by atoms with van der Waals surface area (Å²) in [5.41, 5.74) is 1.48. The number of methoxy groups -OCH3 is 1. The summed E-state index contributed by atoms with van der Waals surface area (Å²) in [5, 5.41) is 26.5. The Balaban J connectivity index is 1.88. The highest BCUT2D eigenvalue weighted by atomic mass is 32.2. The summed E-state index contributed by atoms with van der Waals surface area (Å²) in [5.74, 6) is -0.493. The number of sulfonamides is 1. The molecule has 0 spiro atoms. The van der Waals surface area contributed by atoms with Crippen molar-refractivity contribution in [3.05, 3.63) is 48.0 Å². The van der Waals surface area contributed by atoms with E-state index in [9.17, 15) is 18.3 Å². The van der Waals surface area contributed by atoms with Crippen LogP contribution in [0.25, 0.3) is 10.9 Å². The van der Waals surface area contributed by atoms with Gasteiger partial charge in [0.25, 0.3) is 5.91 Å². The predicted octanol–water partition coefficient (Wildman–Crippen LogP) is 2.31. The minimum absolute atomic E-state index is 0.0458. The molecule has 11 heteroatoms. The van der Waals surface area contributed by atoms with Gasteiger partial charge in [0.2, 0.25) is 15.9 Å². The maximum Gasteiger partial charge on any atom is 0.251 e. The van der Waals surface area contributed by atoms with Crippen LogP contribution in [0.2, 0.25) is 0 Å². The molecule has 1 heterocycles. The van der Waals surface area contributed by atoms with Gasteiger partial charge in [-0.3, -0.25) is 4.79 Å². The molecule has 0 aliphatic heterocycles. The van der Waals surface area contributed by atoms with Crippen molar-refractivity contribution in [2.24, 2.45) is 15.4 Å². The van der Waals surface area contributed by atoms with Crippen LogP contribution in [0.5, 0.6) is 5.88 Å². The smallest absolute Gasteiger partial charge is 0.251 e. The number of hydrogen-bond donors (Lipinski definition) is 4. The summed E-state index contributed by atoms with van der Waals surface area (Å²) < 4.78 is 27.5. The van der Waals surface area contributed by atoms with E-state index >= 15 is 0 Å². The molecule has 0 atom stereocenters. The molecule has 29 heavy (non-hydrogen) atoms. The van der Waals surface area contributed by atoms with Crippen LogP contribution in [0.3, 0.4) is 0 Å². The summed E-state index contributed by atoms with van der Waals surface area (Å²) in [4.78, 5) is 14.9. The number of rotatable bonds is 7. The standard InChI is InChI=1S/C18H19N5O5S/c1-28-9-8-20-17(24)11-2-7-15-14(10-11)16(18(25)21-15)23-22-12-3-5-13(6-4-12)29(19,26)27/h2-7,10,21,25H,8-9H2,1H3,(H,20,24)(H2,19,26,27). The highest BCUT2D eigenvalue weighted by Gasteiger charge is 2.14. The van der Waals surface area contributed by atoms with E-state index in [1.807, 2.05) is 0 Å². The Labute approximate surface area is 166 Å². The summed E-state index contributed by atoms with van der Waals surface area (Å²) in [6, 6.07) is 10.3. The zero-order valence-corrected chi connectivity index (χ0v) is 16.2.